The summed E-state index contributed by atoms with van der Waals surface area (Å²) >= 11 is 2.10. The highest BCUT2D eigenvalue weighted by atomic mass is 127. The van der Waals surface area contributed by atoms with Crippen LogP contribution in [0, 0.1) is 0 Å². The average Bonchev–Trinajstić information content (AvgIpc) is 1.65. The number of halogens is 1. The van der Waals surface area contributed by atoms with E-state index < -0.39 is 0 Å². The molecule has 0 rings (SSSR count). The van der Waals surface area contributed by atoms with E-state index in [1.165, 1.54) is 0 Å². The van der Waals surface area contributed by atoms with Gasteiger partial charge in [0.15, 0.2) is 0 Å². The maximum atomic E-state index is 8.94. The van der Waals surface area contributed by atoms with Crippen molar-refractivity contribution >= 4 is 22.6 Å². The van der Waals surface area contributed by atoms with E-state index in [0.717, 1.165) is 6.42 Å². The van der Waals surface area contributed by atoms with Gasteiger partial charge in [0.05, 0.1) is 10.2 Å². The molecule has 0 amide bonds. The van der Waals surface area contributed by atoms with Gasteiger partial charge in [0.25, 0.3) is 0 Å². The maximum Gasteiger partial charge on any atom is 0.0593 e. The number of hydrogen-bond donors (Lipinski definition) is 2. The second-order valence-corrected chi connectivity index (χ2v) is 3.41. The number of aliphatic hydroxyl groups is 1. The van der Waals surface area contributed by atoms with E-state index in [0.29, 0.717) is 6.42 Å². The molecule has 0 saturated carbocycles. The Morgan fingerprint density at radius 1 is 1.75 bits per heavy atom. The highest BCUT2D eigenvalue weighted by Gasteiger charge is 2.03. The summed E-state index contributed by atoms with van der Waals surface area (Å²) in [6.07, 6.45) is 1.30. The van der Waals surface area contributed by atoms with E-state index in [1.807, 2.05) is 6.92 Å². The minimum atomic E-state index is -0.207. The number of rotatable bonds is 3. The van der Waals surface area contributed by atoms with Gasteiger partial charge in [0, 0.05) is 0 Å². The standard InChI is InChI=1S/C5H12INO/c1-2-4(8)3-5(6)7/h4-5,8H,2-3,7H2,1H3. The Morgan fingerprint density at radius 2 is 2.25 bits per heavy atom. The van der Waals surface area contributed by atoms with Crippen molar-refractivity contribution in [2.24, 2.45) is 5.73 Å². The second-order valence-electron chi connectivity index (χ2n) is 1.81. The predicted molar refractivity (Wildman–Crippen MR) is 42.9 cm³/mol. The molecule has 2 nitrogen and oxygen atoms in total. The zero-order valence-corrected chi connectivity index (χ0v) is 7.13. The first-order chi connectivity index (χ1) is 3.66. The van der Waals surface area contributed by atoms with Crippen LogP contribution in [0.4, 0.5) is 0 Å². The molecule has 0 saturated heterocycles. The fourth-order valence-corrected chi connectivity index (χ4v) is 1.01. The predicted octanol–water partition coefficient (Wildman–Crippen LogP) is 0.867. The van der Waals surface area contributed by atoms with Crippen LogP contribution in [-0.4, -0.2) is 15.3 Å². The lowest BCUT2D eigenvalue weighted by atomic mass is 10.2. The molecule has 0 bridgehead atoms. The Balaban J connectivity index is 3.10. The van der Waals surface area contributed by atoms with Crippen LogP contribution in [0.2, 0.25) is 0 Å². The molecule has 3 heteroatoms. The van der Waals surface area contributed by atoms with Gasteiger partial charge >= 0.3 is 0 Å². The zero-order chi connectivity index (χ0) is 6.57. The summed E-state index contributed by atoms with van der Waals surface area (Å²) in [5.74, 6) is 0. The molecule has 0 aliphatic carbocycles. The third-order valence-corrected chi connectivity index (χ3v) is 1.48. The average molecular weight is 229 g/mol. The largest absolute Gasteiger partial charge is 0.393 e. The number of aliphatic hydroxyl groups excluding tert-OH is 1. The third-order valence-electron chi connectivity index (χ3n) is 0.968. The summed E-state index contributed by atoms with van der Waals surface area (Å²) in [6, 6.07) is 0. The van der Waals surface area contributed by atoms with Gasteiger partial charge in [0.1, 0.15) is 0 Å². The molecule has 0 aliphatic heterocycles. The molecule has 0 fully saturated rings. The van der Waals surface area contributed by atoms with Gasteiger partial charge in [-0.3, -0.25) is 0 Å². The molecule has 50 valence electrons. The summed E-state index contributed by atoms with van der Waals surface area (Å²) in [5, 5.41) is 8.94. The first kappa shape index (κ1) is 8.65. The fraction of sp³-hybridized carbons (Fsp3) is 1.00. The van der Waals surface area contributed by atoms with E-state index in [1.54, 1.807) is 0 Å². The van der Waals surface area contributed by atoms with Crippen LogP contribution in [-0.2, 0) is 0 Å². The van der Waals surface area contributed by atoms with Crippen molar-refractivity contribution < 1.29 is 5.11 Å². The molecule has 0 aromatic heterocycles. The highest BCUT2D eigenvalue weighted by Crippen LogP contribution is 2.04. The van der Waals surface area contributed by atoms with Crippen molar-refractivity contribution in [2.45, 2.75) is 29.9 Å². The molecule has 8 heavy (non-hydrogen) atoms. The van der Waals surface area contributed by atoms with Gasteiger partial charge in [-0.15, -0.1) is 0 Å². The molecular formula is C5H12INO. The van der Waals surface area contributed by atoms with Crippen LogP contribution in [0.25, 0.3) is 0 Å². The summed E-state index contributed by atoms with van der Waals surface area (Å²) in [7, 11) is 0. The molecule has 0 aromatic carbocycles. The minimum absolute atomic E-state index is 0.0996. The molecular weight excluding hydrogens is 217 g/mol. The fourth-order valence-electron chi connectivity index (χ4n) is 0.427. The number of alkyl halides is 1. The van der Waals surface area contributed by atoms with Crippen LogP contribution < -0.4 is 5.73 Å². The Bertz CT molecular complexity index is 58.4. The van der Waals surface area contributed by atoms with Crippen LogP contribution in [0.3, 0.4) is 0 Å². The van der Waals surface area contributed by atoms with E-state index in [4.69, 9.17) is 10.8 Å². The van der Waals surface area contributed by atoms with Gasteiger partial charge in [-0.25, -0.2) is 0 Å². The Labute approximate surface area is 63.6 Å². The van der Waals surface area contributed by atoms with Crippen molar-refractivity contribution in [1.82, 2.24) is 0 Å². The monoisotopic (exact) mass is 229 g/mol. The summed E-state index contributed by atoms with van der Waals surface area (Å²) in [6.45, 7) is 1.95. The Hall–Kier alpha value is 0.650. The maximum absolute atomic E-state index is 8.94. The minimum Gasteiger partial charge on any atom is -0.393 e. The van der Waals surface area contributed by atoms with Gasteiger partial charge < -0.3 is 10.8 Å². The molecule has 2 atom stereocenters. The lowest BCUT2D eigenvalue weighted by molar-refractivity contribution is 0.161. The lowest BCUT2D eigenvalue weighted by Crippen LogP contribution is -2.18. The second kappa shape index (κ2) is 4.52. The van der Waals surface area contributed by atoms with Gasteiger partial charge in [-0.2, -0.15) is 0 Å². The molecule has 0 aromatic rings. The van der Waals surface area contributed by atoms with Crippen molar-refractivity contribution in [3.63, 3.8) is 0 Å². The molecule has 0 heterocycles. The van der Waals surface area contributed by atoms with Crippen molar-refractivity contribution in [2.75, 3.05) is 0 Å². The summed E-state index contributed by atoms with van der Waals surface area (Å²) < 4.78 is 0.0996. The zero-order valence-electron chi connectivity index (χ0n) is 4.97. The molecule has 3 N–H and O–H groups in total. The van der Waals surface area contributed by atoms with Crippen molar-refractivity contribution in [1.29, 1.82) is 0 Å². The van der Waals surface area contributed by atoms with Crippen LogP contribution >= 0.6 is 22.6 Å². The normalized spacial score (nSPS) is 18.0. The quantitative estimate of drug-likeness (QED) is 0.428. The summed E-state index contributed by atoms with van der Waals surface area (Å²) in [4.78, 5) is 0. The third kappa shape index (κ3) is 4.80. The van der Waals surface area contributed by atoms with Gasteiger partial charge in [-0.1, -0.05) is 29.5 Å². The van der Waals surface area contributed by atoms with Gasteiger partial charge in [0.2, 0.25) is 0 Å². The Morgan fingerprint density at radius 3 is 2.38 bits per heavy atom. The van der Waals surface area contributed by atoms with Crippen LogP contribution in [0.5, 0.6) is 0 Å². The SMILES string of the molecule is CCC(O)CC(N)I. The summed E-state index contributed by atoms with van der Waals surface area (Å²) in [5.41, 5.74) is 5.40. The number of hydrogen-bond acceptors (Lipinski definition) is 2. The van der Waals surface area contributed by atoms with Crippen LogP contribution in [0.1, 0.15) is 19.8 Å². The molecule has 2 unspecified atom stereocenters. The smallest absolute Gasteiger partial charge is 0.0593 e. The molecule has 0 spiro atoms. The van der Waals surface area contributed by atoms with E-state index in [-0.39, 0.29) is 10.2 Å². The number of nitrogens with two attached hydrogens (primary N) is 1. The molecule has 0 aliphatic rings. The Kier molecular flexibility index (Phi) is 4.89. The first-order valence-corrected chi connectivity index (χ1v) is 3.99. The van der Waals surface area contributed by atoms with E-state index in [9.17, 15) is 0 Å². The van der Waals surface area contributed by atoms with Gasteiger partial charge in [-0.05, 0) is 12.8 Å². The molecule has 0 radical (unpaired) electrons. The first-order valence-electron chi connectivity index (χ1n) is 2.74. The van der Waals surface area contributed by atoms with E-state index >= 15 is 0 Å². The van der Waals surface area contributed by atoms with Crippen molar-refractivity contribution in [3.05, 3.63) is 0 Å². The topological polar surface area (TPSA) is 46.2 Å². The van der Waals surface area contributed by atoms with Crippen molar-refractivity contribution in [3.8, 4) is 0 Å². The lowest BCUT2D eigenvalue weighted by Gasteiger charge is -2.07. The highest BCUT2D eigenvalue weighted by molar-refractivity contribution is 14.1. The van der Waals surface area contributed by atoms with Crippen LogP contribution in [0.15, 0.2) is 0 Å². The van der Waals surface area contributed by atoms with E-state index in [2.05, 4.69) is 22.6 Å².